The zero-order valence-electron chi connectivity index (χ0n) is 11.5. The largest absolute Gasteiger partial charge is 0.480 e. The molecule has 1 aromatic carbocycles. The van der Waals surface area contributed by atoms with Crippen molar-refractivity contribution in [2.45, 2.75) is 31.2 Å². The molecule has 0 unspecified atom stereocenters. The van der Waals surface area contributed by atoms with E-state index in [0.29, 0.717) is 24.1 Å². The molecule has 1 aromatic heterocycles. The van der Waals surface area contributed by atoms with E-state index in [9.17, 15) is 15.2 Å². The van der Waals surface area contributed by atoms with Crippen molar-refractivity contribution in [2.24, 2.45) is 0 Å². The molecule has 0 atom stereocenters. The minimum atomic E-state index is -0.976. The predicted molar refractivity (Wildman–Crippen MR) is 78.9 cm³/mol. The third kappa shape index (κ3) is 2.19. The second-order valence-corrected chi connectivity index (χ2v) is 5.40. The van der Waals surface area contributed by atoms with Gasteiger partial charge < -0.3 is 10.4 Å². The summed E-state index contributed by atoms with van der Waals surface area (Å²) in [6, 6.07) is 9.54. The summed E-state index contributed by atoms with van der Waals surface area (Å²) in [6.07, 6.45) is 4.40. The van der Waals surface area contributed by atoms with Crippen LogP contribution in [-0.2, 0) is 4.79 Å². The van der Waals surface area contributed by atoms with Gasteiger partial charge in [-0.1, -0.05) is 31.0 Å². The van der Waals surface area contributed by atoms with Crippen molar-refractivity contribution < 1.29 is 9.90 Å². The van der Waals surface area contributed by atoms with Gasteiger partial charge in [0.2, 0.25) is 0 Å². The molecule has 106 valence electrons. The van der Waals surface area contributed by atoms with E-state index < -0.39 is 11.5 Å². The lowest BCUT2D eigenvalue weighted by molar-refractivity contribution is -0.142. The summed E-state index contributed by atoms with van der Waals surface area (Å²) < 4.78 is 0. The second-order valence-electron chi connectivity index (χ2n) is 5.40. The fraction of sp³-hybridized carbons (Fsp3) is 0.312. The van der Waals surface area contributed by atoms with Crippen LogP contribution in [0.5, 0.6) is 0 Å². The molecule has 3 rings (SSSR count). The summed E-state index contributed by atoms with van der Waals surface area (Å²) >= 11 is 0. The molecule has 1 fully saturated rings. The van der Waals surface area contributed by atoms with Crippen LogP contribution in [0, 0.1) is 11.3 Å². The summed E-state index contributed by atoms with van der Waals surface area (Å²) in [6.45, 7) is 0. The number of benzene rings is 1. The van der Waals surface area contributed by atoms with E-state index in [0.717, 1.165) is 23.7 Å². The van der Waals surface area contributed by atoms with E-state index in [1.54, 1.807) is 0 Å². The lowest BCUT2D eigenvalue weighted by Gasteiger charge is -2.27. The molecule has 0 spiro atoms. The molecule has 0 aliphatic heterocycles. The number of aliphatic carboxylic acids is 1. The van der Waals surface area contributed by atoms with Crippen molar-refractivity contribution in [3.63, 3.8) is 0 Å². The van der Waals surface area contributed by atoms with Crippen LogP contribution in [0.3, 0.4) is 0 Å². The van der Waals surface area contributed by atoms with Crippen LogP contribution in [0.2, 0.25) is 0 Å². The zero-order chi connectivity index (χ0) is 14.9. The SMILES string of the molecule is N#Cc1cnc2ccccc2c1NC1(C(=O)O)CCCC1. The van der Waals surface area contributed by atoms with Crippen molar-refractivity contribution in [3.8, 4) is 6.07 Å². The molecular weight excluding hydrogens is 266 g/mol. The standard InChI is InChI=1S/C16H15N3O2/c17-9-11-10-18-13-6-2-1-5-12(13)14(11)19-16(15(20)21)7-3-4-8-16/h1-2,5-6,10H,3-4,7-8H2,(H,18,19)(H,20,21). The number of rotatable bonds is 3. The van der Waals surface area contributed by atoms with Crippen molar-refractivity contribution in [3.05, 3.63) is 36.0 Å². The van der Waals surface area contributed by atoms with E-state index in [2.05, 4.69) is 16.4 Å². The molecule has 2 aromatic rings. The van der Waals surface area contributed by atoms with Crippen LogP contribution in [0.1, 0.15) is 31.2 Å². The number of fused-ring (bicyclic) bond motifs is 1. The van der Waals surface area contributed by atoms with Gasteiger partial charge >= 0.3 is 5.97 Å². The van der Waals surface area contributed by atoms with Gasteiger partial charge in [0.1, 0.15) is 11.6 Å². The summed E-state index contributed by atoms with van der Waals surface area (Å²) in [5, 5.41) is 22.8. The van der Waals surface area contributed by atoms with Gasteiger partial charge in [0, 0.05) is 11.6 Å². The average Bonchev–Trinajstić information content (AvgIpc) is 2.98. The van der Waals surface area contributed by atoms with Crippen LogP contribution in [-0.4, -0.2) is 21.6 Å². The Morgan fingerprint density at radius 1 is 1.33 bits per heavy atom. The Morgan fingerprint density at radius 2 is 2.05 bits per heavy atom. The molecule has 5 heteroatoms. The Balaban J connectivity index is 2.15. The van der Waals surface area contributed by atoms with Gasteiger partial charge in [0.05, 0.1) is 16.8 Å². The maximum Gasteiger partial charge on any atom is 0.329 e. The number of hydrogen-bond donors (Lipinski definition) is 2. The molecular formula is C16H15N3O2. The molecule has 0 saturated heterocycles. The molecule has 1 heterocycles. The summed E-state index contributed by atoms with van der Waals surface area (Å²) in [5.74, 6) is -0.857. The van der Waals surface area contributed by atoms with E-state index in [1.165, 1.54) is 6.20 Å². The Labute approximate surface area is 122 Å². The summed E-state index contributed by atoms with van der Waals surface area (Å²) in [7, 11) is 0. The number of nitriles is 1. The Morgan fingerprint density at radius 3 is 2.71 bits per heavy atom. The van der Waals surface area contributed by atoms with E-state index in [1.807, 2.05) is 24.3 Å². The monoisotopic (exact) mass is 281 g/mol. The van der Waals surface area contributed by atoms with E-state index >= 15 is 0 Å². The number of anilines is 1. The number of nitrogens with zero attached hydrogens (tertiary/aromatic N) is 2. The molecule has 1 aliphatic rings. The molecule has 2 N–H and O–H groups in total. The molecule has 0 bridgehead atoms. The zero-order valence-corrected chi connectivity index (χ0v) is 11.5. The van der Waals surface area contributed by atoms with Crippen LogP contribution < -0.4 is 5.32 Å². The smallest absolute Gasteiger partial charge is 0.329 e. The average molecular weight is 281 g/mol. The number of carboxylic acid groups (broad SMARTS) is 1. The maximum atomic E-state index is 11.7. The predicted octanol–water partition coefficient (Wildman–Crippen LogP) is 2.92. The van der Waals surface area contributed by atoms with Gasteiger partial charge in [-0.05, 0) is 18.9 Å². The summed E-state index contributed by atoms with van der Waals surface area (Å²) in [5.41, 5.74) is 0.724. The van der Waals surface area contributed by atoms with Gasteiger partial charge in [-0.3, -0.25) is 4.98 Å². The van der Waals surface area contributed by atoms with Crippen molar-refractivity contribution in [1.82, 2.24) is 4.98 Å². The van der Waals surface area contributed by atoms with Gasteiger partial charge in [0.15, 0.2) is 0 Å². The quantitative estimate of drug-likeness (QED) is 0.903. The van der Waals surface area contributed by atoms with Crippen molar-refractivity contribution in [2.75, 3.05) is 5.32 Å². The van der Waals surface area contributed by atoms with Gasteiger partial charge in [0.25, 0.3) is 0 Å². The van der Waals surface area contributed by atoms with Gasteiger partial charge in [-0.15, -0.1) is 0 Å². The van der Waals surface area contributed by atoms with E-state index in [4.69, 9.17) is 0 Å². The lowest BCUT2D eigenvalue weighted by atomic mass is 9.96. The number of aromatic nitrogens is 1. The molecule has 0 radical (unpaired) electrons. The van der Waals surface area contributed by atoms with Crippen LogP contribution in [0.4, 0.5) is 5.69 Å². The Bertz CT molecular complexity index is 743. The molecule has 5 nitrogen and oxygen atoms in total. The number of para-hydroxylation sites is 1. The van der Waals surface area contributed by atoms with Crippen LogP contribution in [0.15, 0.2) is 30.5 Å². The van der Waals surface area contributed by atoms with Crippen LogP contribution in [0.25, 0.3) is 10.9 Å². The number of hydrogen-bond acceptors (Lipinski definition) is 4. The van der Waals surface area contributed by atoms with Crippen molar-refractivity contribution in [1.29, 1.82) is 5.26 Å². The Hall–Kier alpha value is -2.61. The minimum absolute atomic E-state index is 0.376. The molecule has 1 aliphatic carbocycles. The van der Waals surface area contributed by atoms with Crippen molar-refractivity contribution >= 4 is 22.6 Å². The highest BCUT2D eigenvalue weighted by molar-refractivity contribution is 5.96. The second kappa shape index (κ2) is 5.06. The number of carboxylic acids is 1. The highest BCUT2D eigenvalue weighted by Crippen LogP contribution is 2.36. The minimum Gasteiger partial charge on any atom is -0.480 e. The topological polar surface area (TPSA) is 86.0 Å². The van der Waals surface area contributed by atoms with Gasteiger partial charge in [-0.25, -0.2) is 4.79 Å². The highest BCUT2D eigenvalue weighted by Gasteiger charge is 2.42. The first-order valence-corrected chi connectivity index (χ1v) is 6.96. The van der Waals surface area contributed by atoms with E-state index in [-0.39, 0.29) is 0 Å². The number of pyridine rings is 1. The normalized spacial score (nSPS) is 16.5. The molecule has 1 saturated carbocycles. The lowest BCUT2D eigenvalue weighted by Crippen LogP contribution is -2.43. The highest BCUT2D eigenvalue weighted by atomic mass is 16.4. The Kier molecular flexibility index (Phi) is 3.22. The first-order valence-electron chi connectivity index (χ1n) is 6.96. The number of carbonyl (C=O) groups is 1. The first-order chi connectivity index (χ1) is 10.2. The van der Waals surface area contributed by atoms with Gasteiger partial charge in [-0.2, -0.15) is 5.26 Å². The maximum absolute atomic E-state index is 11.7. The van der Waals surface area contributed by atoms with Crippen LogP contribution >= 0.6 is 0 Å². The first kappa shape index (κ1) is 13.4. The fourth-order valence-corrected chi connectivity index (χ4v) is 2.97. The third-order valence-corrected chi connectivity index (χ3v) is 4.13. The fourth-order valence-electron chi connectivity index (χ4n) is 2.97. The molecule has 0 amide bonds. The summed E-state index contributed by atoms with van der Waals surface area (Å²) in [4.78, 5) is 15.9. The third-order valence-electron chi connectivity index (χ3n) is 4.13. The molecule has 21 heavy (non-hydrogen) atoms. The number of nitrogens with one attached hydrogen (secondary N) is 1.